The van der Waals surface area contributed by atoms with E-state index in [2.05, 4.69) is 151 Å². The second kappa shape index (κ2) is 14.4. The smallest absolute Gasteiger partial charge is 0.0541 e. The fraction of sp³-hybridized carbons (Fsp3) is 0.171. The zero-order valence-electron chi connectivity index (χ0n) is 26.1. The molecule has 0 atom stereocenters. The van der Waals surface area contributed by atoms with Gasteiger partial charge in [-0.05, 0) is 72.0 Å². The van der Waals surface area contributed by atoms with E-state index in [0.717, 1.165) is 10.9 Å². The van der Waals surface area contributed by atoms with Crippen LogP contribution in [0.25, 0.3) is 38.6 Å². The minimum atomic E-state index is 0.00370. The Morgan fingerprint density at radius 2 is 1.26 bits per heavy atom. The van der Waals surface area contributed by atoms with Gasteiger partial charge in [0, 0.05) is 26.3 Å². The number of aromatic nitrogens is 1. The number of halogens is 1. The largest absolute Gasteiger partial charge is 0.309 e. The maximum Gasteiger partial charge on any atom is 0.0541 e. The van der Waals surface area contributed by atoms with Crippen molar-refractivity contribution in [3.8, 4) is 16.8 Å². The van der Waals surface area contributed by atoms with E-state index in [1.54, 1.807) is 0 Å². The van der Waals surface area contributed by atoms with Crippen molar-refractivity contribution < 1.29 is 0 Å². The van der Waals surface area contributed by atoms with Crippen molar-refractivity contribution >= 4 is 37.7 Å². The Hall–Kier alpha value is -4.14. The lowest BCUT2D eigenvalue weighted by Gasteiger charge is -2.22. The highest BCUT2D eigenvalue weighted by atomic mass is 79.9. The molecular weight excluding hydrogens is 586 g/mol. The summed E-state index contributed by atoms with van der Waals surface area (Å²) in [6, 6.07) is 41.3. The third kappa shape index (κ3) is 6.60. The molecule has 0 saturated heterocycles. The van der Waals surface area contributed by atoms with Crippen molar-refractivity contribution in [2.45, 2.75) is 46.5 Å². The molecular formula is C41H42BrN. The van der Waals surface area contributed by atoms with Crippen LogP contribution < -0.4 is 0 Å². The molecule has 0 saturated carbocycles. The first-order valence-corrected chi connectivity index (χ1v) is 15.8. The predicted octanol–water partition coefficient (Wildman–Crippen LogP) is 12.6. The number of benzene rings is 5. The van der Waals surface area contributed by atoms with E-state index in [0.29, 0.717) is 0 Å². The third-order valence-corrected chi connectivity index (χ3v) is 8.23. The summed E-state index contributed by atoms with van der Waals surface area (Å²) in [5, 5.41) is 2.56. The van der Waals surface area contributed by atoms with Crippen LogP contribution >= 0.6 is 15.9 Å². The Balaban J connectivity index is 0.000000253. The number of nitrogens with zero attached hydrogens (tertiary/aromatic N) is 1. The van der Waals surface area contributed by atoms with Crippen LogP contribution in [0.3, 0.4) is 0 Å². The van der Waals surface area contributed by atoms with Crippen LogP contribution in [0.2, 0.25) is 0 Å². The molecule has 0 unspecified atom stereocenters. The number of allylic oxidation sites excluding steroid dienone is 2. The van der Waals surface area contributed by atoms with Gasteiger partial charge in [0.05, 0.1) is 11.0 Å². The minimum absolute atomic E-state index is 0.00370. The standard InChI is InChI=1S/C27H20BrN.C7H8.C5H8.C2H6/c1-27(2)23-9-5-3-7-19(23)20-13-12-18(16-24(20)27)29-25-10-6-4-8-21(25)22-15-17(28)11-14-26(22)29;1-7-5-3-2-4-6-7;1-3-5-4-2;1-2/h3-16H,1-2H3;2-6H,1H3;3-4H,1-2,5H2;1-2H3. The van der Waals surface area contributed by atoms with Crippen molar-refractivity contribution in [3.05, 3.63) is 162 Å². The highest BCUT2D eigenvalue weighted by molar-refractivity contribution is 9.10. The summed E-state index contributed by atoms with van der Waals surface area (Å²) < 4.78 is 3.51. The summed E-state index contributed by atoms with van der Waals surface area (Å²) in [6.07, 6.45) is 4.54. The highest BCUT2D eigenvalue weighted by Gasteiger charge is 2.35. The van der Waals surface area contributed by atoms with Crippen LogP contribution in [0.1, 0.15) is 50.8 Å². The van der Waals surface area contributed by atoms with Crippen LogP contribution in [0.4, 0.5) is 0 Å². The van der Waals surface area contributed by atoms with Gasteiger partial charge in [0.1, 0.15) is 0 Å². The van der Waals surface area contributed by atoms with E-state index in [1.165, 1.54) is 55.3 Å². The summed E-state index contributed by atoms with van der Waals surface area (Å²) in [4.78, 5) is 0. The molecule has 1 aliphatic rings. The molecule has 7 rings (SSSR count). The minimum Gasteiger partial charge on any atom is -0.309 e. The number of aryl methyl sites for hydroxylation is 1. The Morgan fingerprint density at radius 1 is 0.651 bits per heavy atom. The molecule has 0 fully saturated rings. The van der Waals surface area contributed by atoms with Crippen molar-refractivity contribution in [3.63, 3.8) is 0 Å². The van der Waals surface area contributed by atoms with Gasteiger partial charge in [0.25, 0.3) is 0 Å². The van der Waals surface area contributed by atoms with E-state index in [-0.39, 0.29) is 5.41 Å². The molecule has 0 N–H and O–H groups in total. The molecule has 5 aromatic carbocycles. The van der Waals surface area contributed by atoms with E-state index >= 15 is 0 Å². The van der Waals surface area contributed by atoms with Crippen molar-refractivity contribution in [1.29, 1.82) is 0 Å². The Morgan fingerprint density at radius 3 is 1.91 bits per heavy atom. The molecule has 0 radical (unpaired) electrons. The number of rotatable bonds is 3. The first-order valence-electron chi connectivity index (χ1n) is 15.0. The molecule has 1 aromatic heterocycles. The van der Waals surface area contributed by atoms with E-state index in [9.17, 15) is 0 Å². The second-order valence-corrected chi connectivity index (χ2v) is 11.8. The molecule has 43 heavy (non-hydrogen) atoms. The molecule has 1 aliphatic carbocycles. The van der Waals surface area contributed by atoms with Gasteiger partial charge in [-0.1, -0.05) is 140 Å². The molecule has 2 heteroatoms. The molecule has 1 nitrogen and oxygen atoms in total. The fourth-order valence-electron chi connectivity index (χ4n) is 5.71. The molecule has 0 aliphatic heterocycles. The van der Waals surface area contributed by atoms with E-state index in [1.807, 2.05) is 44.2 Å². The van der Waals surface area contributed by atoms with E-state index < -0.39 is 0 Å². The zero-order valence-corrected chi connectivity index (χ0v) is 27.7. The maximum atomic E-state index is 3.65. The van der Waals surface area contributed by atoms with Crippen molar-refractivity contribution in [2.24, 2.45) is 0 Å². The van der Waals surface area contributed by atoms with Gasteiger partial charge in [-0.25, -0.2) is 0 Å². The number of fused-ring (bicyclic) bond motifs is 6. The van der Waals surface area contributed by atoms with Gasteiger partial charge >= 0.3 is 0 Å². The van der Waals surface area contributed by atoms with Crippen LogP contribution in [0.15, 0.2) is 145 Å². The molecule has 1 heterocycles. The number of hydrogen-bond donors (Lipinski definition) is 0. The molecule has 218 valence electrons. The Bertz CT molecular complexity index is 1830. The first-order chi connectivity index (χ1) is 20.9. The normalized spacial score (nSPS) is 12.0. The van der Waals surface area contributed by atoms with Gasteiger partial charge < -0.3 is 4.57 Å². The zero-order chi connectivity index (χ0) is 31.0. The molecule has 0 bridgehead atoms. The summed E-state index contributed by atoms with van der Waals surface area (Å²) in [5.41, 5.74) is 10.6. The summed E-state index contributed by atoms with van der Waals surface area (Å²) in [7, 11) is 0. The molecule has 6 aromatic rings. The summed E-state index contributed by atoms with van der Waals surface area (Å²) in [5.74, 6) is 0. The van der Waals surface area contributed by atoms with Gasteiger partial charge in [-0.15, -0.1) is 13.2 Å². The third-order valence-electron chi connectivity index (χ3n) is 7.73. The topological polar surface area (TPSA) is 4.93 Å². The SMILES string of the molecule is C=CCC=C.CC.CC1(C)c2ccccc2-c2ccc(-n3c4ccccc4c4cc(Br)ccc43)cc21.Cc1ccccc1. The highest BCUT2D eigenvalue weighted by Crippen LogP contribution is 2.49. The lowest BCUT2D eigenvalue weighted by Crippen LogP contribution is -2.15. The first kappa shape index (κ1) is 31.8. The lowest BCUT2D eigenvalue weighted by atomic mass is 9.82. The quantitative estimate of drug-likeness (QED) is 0.172. The average molecular weight is 629 g/mol. The molecule has 0 amide bonds. The monoisotopic (exact) mass is 627 g/mol. The number of hydrogen-bond acceptors (Lipinski definition) is 0. The maximum absolute atomic E-state index is 3.65. The fourth-order valence-corrected chi connectivity index (χ4v) is 6.07. The van der Waals surface area contributed by atoms with Gasteiger partial charge in [0.2, 0.25) is 0 Å². The van der Waals surface area contributed by atoms with Crippen LogP contribution in [-0.2, 0) is 5.41 Å². The molecule has 0 spiro atoms. The summed E-state index contributed by atoms with van der Waals surface area (Å²) >= 11 is 3.65. The number of para-hydroxylation sites is 1. The Kier molecular flexibility index (Phi) is 10.6. The van der Waals surface area contributed by atoms with E-state index in [4.69, 9.17) is 0 Å². The van der Waals surface area contributed by atoms with Crippen molar-refractivity contribution in [2.75, 3.05) is 0 Å². The predicted molar refractivity (Wildman–Crippen MR) is 194 cm³/mol. The Labute approximate surface area is 266 Å². The van der Waals surface area contributed by atoms with Crippen molar-refractivity contribution in [1.82, 2.24) is 4.57 Å². The lowest BCUT2D eigenvalue weighted by molar-refractivity contribution is 0.660. The summed E-state index contributed by atoms with van der Waals surface area (Å²) in [6.45, 7) is 17.7. The van der Waals surface area contributed by atoms with Crippen LogP contribution in [0.5, 0.6) is 0 Å². The van der Waals surface area contributed by atoms with Crippen LogP contribution in [-0.4, -0.2) is 4.57 Å². The van der Waals surface area contributed by atoms with Gasteiger partial charge in [0.15, 0.2) is 0 Å². The van der Waals surface area contributed by atoms with Crippen LogP contribution in [0, 0.1) is 6.92 Å². The second-order valence-electron chi connectivity index (χ2n) is 10.9. The van der Waals surface area contributed by atoms with Gasteiger partial charge in [-0.3, -0.25) is 0 Å². The average Bonchev–Trinajstić information content (AvgIpc) is 3.48. The van der Waals surface area contributed by atoms with Gasteiger partial charge in [-0.2, -0.15) is 0 Å².